The summed E-state index contributed by atoms with van der Waals surface area (Å²) < 4.78 is 0. The number of amides is 1. The average Bonchev–Trinajstić information content (AvgIpc) is 3.37. The van der Waals surface area contributed by atoms with E-state index < -0.39 is 12.0 Å². The van der Waals surface area contributed by atoms with Crippen LogP contribution in [-0.4, -0.2) is 23.0 Å². The normalized spacial score (nSPS) is 24.5. The number of hydrogen-bond donors (Lipinski definition) is 2. The van der Waals surface area contributed by atoms with Gasteiger partial charge in [0, 0.05) is 17.8 Å². The lowest BCUT2D eigenvalue weighted by Gasteiger charge is -2.26. The first-order valence-corrected chi connectivity index (χ1v) is 9.26. The molecule has 134 valence electrons. The van der Waals surface area contributed by atoms with Gasteiger partial charge in [-0.1, -0.05) is 54.6 Å². The fourth-order valence-corrected chi connectivity index (χ4v) is 4.50. The standard InChI is InChI=1S/C22H23NO3/c24-20(23-19(21(25)26)13-15-7-2-1-3-8-15)18-14-22(18)12-6-10-16-9-4-5-11-17(16)22/h1-5,7-9,11,18-19H,6,10,12-14H2,(H,23,24)(H,25,26)/t18?,19-,22?/m0/s1. The highest BCUT2D eigenvalue weighted by Crippen LogP contribution is 2.60. The summed E-state index contributed by atoms with van der Waals surface area (Å²) in [6.07, 6.45) is 4.30. The van der Waals surface area contributed by atoms with Gasteiger partial charge in [-0.3, -0.25) is 4.79 Å². The number of aliphatic carboxylic acids is 1. The van der Waals surface area contributed by atoms with Gasteiger partial charge in [0.1, 0.15) is 6.04 Å². The number of rotatable bonds is 5. The van der Waals surface area contributed by atoms with Crippen LogP contribution in [0.15, 0.2) is 54.6 Å². The van der Waals surface area contributed by atoms with E-state index in [1.54, 1.807) is 0 Å². The maximum absolute atomic E-state index is 12.8. The van der Waals surface area contributed by atoms with Gasteiger partial charge in [-0.05, 0) is 42.4 Å². The maximum atomic E-state index is 12.8. The fraction of sp³-hybridized carbons (Fsp3) is 0.364. The van der Waals surface area contributed by atoms with Crippen molar-refractivity contribution < 1.29 is 14.7 Å². The van der Waals surface area contributed by atoms with Crippen molar-refractivity contribution in [3.63, 3.8) is 0 Å². The van der Waals surface area contributed by atoms with Crippen LogP contribution in [0.4, 0.5) is 0 Å². The Morgan fingerprint density at radius 1 is 1.12 bits per heavy atom. The van der Waals surface area contributed by atoms with Crippen LogP contribution in [0.2, 0.25) is 0 Å². The van der Waals surface area contributed by atoms with Gasteiger partial charge < -0.3 is 10.4 Å². The second-order valence-corrected chi connectivity index (χ2v) is 7.51. The third kappa shape index (κ3) is 3.00. The first kappa shape index (κ1) is 16.8. The Bertz CT molecular complexity index is 832. The number of fused-ring (bicyclic) bond motifs is 2. The van der Waals surface area contributed by atoms with E-state index in [0.29, 0.717) is 6.42 Å². The van der Waals surface area contributed by atoms with Crippen molar-refractivity contribution in [3.8, 4) is 0 Å². The molecule has 0 aliphatic heterocycles. The molecular formula is C22H23NO3. The average molecular weight is 349 g/mol. The van der Waals surface area contributed by atoms with Crippen molar-refractivity contribution >= 4 is 11.9 Å². The topological polar surface area (TPSA) is 66.4 Å². The number of carbonyl (C=O) groups is 2. The van der Waals surface area contributed by atoms with Crippen LogP contribution in [0.5, 0.6) is 0 Å². The van der Waals surface area contributed by atoms with Gasteiger partial charge in [-0.2, -0.15) is 0 Å². The number of carboxylic acid groups (broad SMARTS) is 1. The van der Waals surface area contributed by atoms with Crippen LogP contribution in [-0.2, 0) is 27.8 Å². The molecule has 2 aromatic carbocycles. The maximum Gasteiger partial charge on any atom is 0.326 e. The summed E-state index contributed by atoms with van der Waals surface area (Å²) in [5.74, 6) is -1.22. The molecule has 1 spiro atoms. The molecule has 4 nitrogen and oxygen atoms in total. The van der Waals surface area contributed by atoms with Crippen molar-refractivity contribution in [1.82, 2.24) is 5.32 Å². The number of benzene rings is 2. The molecular weight excluding hydrogens is 326 g/mol. The van der Waals surface area contributed by atoms with Crippen LogP contribution in [0.25, 0.3) is 0 Å². The second kappa shape index (κ2) is 6.60. The number of hydrogen-bond acceptors (Lipinski definition) is 2. The molecule has 0 bridgehead atoms. The molecule has 0 saturated heterocycles. The number of carbonyl (C=O) groups excluding carboxylic acids is 1. The van der Waals surface area contributed by atoms with Crippen molar-refractivity contribution in [2.45, 2.75) is 43.6 Å². The highest BCUT2D eigenvalue weighted by atomic mass is 16.4. The zero-order valence-electron chi connectivity index (χ0n) is 14.7. The monoisotopic (exact) mass is 349 g/mol. The summed E-state index contributed by atoms with van der Waals surface area (Å²) in [6, 6.07) is 16.9. The van der Waals surface area contributed by atoms with Gasteiger partial charge in [0.25, 0.3) is 0 Å². The molecule has 2 aromatic rings. The predicted molar refractivity (Wildman–Crippen MR) is 98.9 cm³/mol. The number of aryl methyl sites for hydroxylation is 1. The SMILES string of the molecule is O=C(N[C@@H](Cc1ccccc1)C(=O)O)C1CC12CCCc1ccccc12. The first-order chi connectivity index (χ1) is 12.6. The van der Waals surface area contributed by atoms with Crippen LogP contribution in [0.1, 0.15) is 36.0 Å². The summed E-state index contributed by atoms with van der Waals surface area (Å²) in [4.78, 5) is 24.5. The van der Waals surface area contributed by atoms with Crippen LogP contribution < -0.4 is 5.32 Å². The molecule has 4 rings (SSSR count). The first-order valence-electron chi connectivity index (χ1n) is 9.26. The lowest BCUT2D eigenvalue weighted by molar-refractivity contribution is -0.142. The Morgan fingerprint density at radius 3 is 2.62 bits per heavy atom. The molecule has 2 unspecified atom stereocenters. The van der Waals surface area contributed by atoms with Gasteiger partial charge in [0.2, 0.25) is 5.91 Å². The van der Waals surface area contributed by atoms with Crippen LogP contribution in [0.3, 0.4) is 0 Å². The highest BCUT2D eigenvalue weighted by Gasteiger charge is 2.60. The molecule has 4 heteroatoms. The summed E-state index contributed by atoms with van der Waals surface area (Å²) in [5.41, 5.74) is 3.47. The van der Waals surface area contributed by atoms with Gasteiger partial charge >= 0.3 is 5.97 Å². The van der Waals surface area contributed by atoms with Crippen molar-refractivity contribution in [2.24, 2.45) is 5.92 Å². The molecule has 0 radical (unpaired) electrons. The number of nitrogens with one attached hydrogen (secondary N) is 1. The minimum absolute atomic E-state index is 0.0747. The van der Waals surface area contributed by atoms with Crippen molar-refractivity contribution in [3.05, 3.63) is 71.3 Å². The van der Waals surface area contributed by atoms with Crippen molar-refractivity contribution in [2.75, 3.05) is 0 Å². The lowest BCUT2D eigenvalue weighted by Crippen LogP contribution is -2.44. The smallest absolute Gasteiger partial charge is 0.326 e. The van der Waals surface area contributed by atoms with Gasteiger partial charge in [0.15, 0.2) is 0 Å². The Kier molecular flexibility index (Phi) is 4.27. The largest absolute Gasteiger partial charge is 0.480 e. The van der Waals surface area contributed by atoms with E-state index in [9.17, 15) is 14.7 Å². The molecule has 2 aliphatic carbocycles. The zero-order valence-corrected chi connectivity index (χ0v) is 14.7. The quantitative estimate of drug-likeness (QED) is 0.872. The van der Waals surface area contributed by atoms with E-state index in [0.717, 1.165) is 31.2 Å². The van der Waals surface area contributed by atoms with E-state index in [-0.39, 0.29) is 17.2 Å². The molecule has 1 saturated carbocycles. The van der Waals surface area contributed by atoms with E-state index in [4.69, 9.17) is 0 Å². The lowest BCUT2D eigenvalue weighted by atomic mass is 9.78. The predicted octanol–water partition coefficient (Wildman–Crippen LogP) is 3.09. The third-order valence-corrected chi connectivity index (χ3v) is 5.91. The molecule has 0 aromatic heterocycles. The van der Waals surface area contributed by atoms with E-state index in [1.165, 1.54) is 11.1 Å². The minimum atomic E-state index is -0.985. The summed E-state index contributed by atoms with van der Waals surface area (Å²) in [6.45, 7) is 0. The van der Waals surface area contributed by atoms with Gasteiger partial charge in [-0.15, -0.1) is 0 Å². The Labute approximate surface area is 153 Å². The molecule has 3 atom stereocenters. The number of carboxylic acids is 1. The summed E-state index contributed by atoms with van der Waals surface area (Å²) in [5, 5.41) is 12.3. The Balaban J connectivity index is 1.48. The summed E-state index contributed by atoms with van der Waals surface area (Å²) in [7, 11) is 0. The molecule has 2 N–H and O–H groups in total. The van der Waals surface area contributed by atoms with E-state index >= 15 is 0 Å². The zero-order chi connectivity index (χ0) is 18.1. The van der Waals surface area contributed by atoms with E-state index in [2.05, 4.69) is 23.5 Å². The van der Waals surface area contributed by atoms with Gasteiger partial charge in [-0.25, -0.2) is 4.79 Å². The molecule has 1 amide bonds. The van der Waals surface area contributed by atoms with Crippen molar-refractivity contribution in [1.29, 1.82) is 0 Å². The summed E-state index contributed by atoms with van der Waals surface area (Å²) >= 11 is 0. The second-order valence-electron chi connectivity index (χ2n) is 7.51. The Morgan fingerprint density at radius 2 is 1.85 bits per heavy atom. The third-order valence-electron chi connectivity index (χ3n) is 5.91. The van der Waals surface area contributed by atoms with Crippen LogP contribution >= 0.6 is 0 Å². The van der Waals surface area contributed by atoms with E-state index in [1.807, 2.05) is 36.4 Å². The van der Waals surface area contributed by atoms with Crippen LogP contribution in [0, 0.1) is 5.92 Å². The minimum Gasteiger partial charge on any atom is -0.480 e. The molecule has 2 aliphatic rings. The molecule has 26 heavy (non-hydrogen) atoms. The Hall–Kier alpha value is -2.62. The molecule has 0 heterocycles. The molecule has 1 fully saturated rings. The van der Waals surface area contributed by atoms with Gasteiger partial charge in [0.05, 0.1) is 0 Å². The highest BCUT2D eigenvalue weighted by molar-refractivity contribution is 5.89. The fourth-order valence-electron chi connectivity index (χ4n) is 4.50.